The third-order valence-electron chi connectivity index (χ3n) is 4.21. The molecule has 5 heteroatoms. The standard InChI is InChI=1S/C20H21ClN2O2/c1-14(16-7-8-19-18(13-16)23(2)10-11-25-19)22-20(24)9-6-15-4-3-5-17(21)12-15/h3-9,12-14H,10-11H2,1-2H3,(H,22,24). The number of carbonyl (C=O) groups excluding carboxylic acids is 1. The minimum atomic E-state index is -0.144. The molecule has 1 N–H and O–H groups in total. The van der Waals surface area contributed by atoms with Gasteiger partial charge in [-0.15, -0.1) is 0 Å². The summed E-state index contributed by atoms with van der Waals surface area (Å²) in [6, 6.07) is 13.3. The number of anilines is 1. The van der Waals surface area contributed by atoms with Gasteiger partial charge < -0.3 is 15.0 Å². The molecule has 1 aliphatic rings. The second kappa shape index (κ2) is 7.62. The predicted molar refractivity (Wildman–Crippen MR) is 102 cm³/mol. The van der Waals surface area contributed by atoms with Crippen molar-refractivity contribution < 1.29 is 9.53 Å². The summed E-state index contributed by atoms with van der Waals surface area (Å²) < 4.78 is 5.66. The van der Waals surface area contributed by atoms with Gasteiger partial charge in [-0.05, 0) is 48.4 Å². The number of halogens is 1. The average molecular weight is 357 g/mol. The smallest absolute Gasteiger partial charge is 0.244 e. The van der Waals surface area contributed by atoms with Gasteiger partial charge in [-0.2, -0.15) is 0 Å². The van der Waals surface area contributed by atoms with Crippen molar-refractivity contribution in [2.75, 3.05) is 25.1 Å². The van der Waals surface area contributed by atoms with Gasteiger partial charge in [-0.25, -0.2) is 0 Å². The van der Waals surface area contributed by atoms with Gasteiger partial charge in [0.25, 0.3) is 0 Å². The largest absolute Gasteiger partial charge is 0.490 e. The van der Waals surface area contributed by atoms with Crippen LogP contribution < -0.4 is 15.0 Å². The zero-order valence-corrected chi connectivity index (χ0v) is 15.1. The Morgan fingerprint density at radius 3 is 2.96 bits per heavy atom. The number of likely N-dealkylation sites (N-methyl/N-ethyl adjacent to an activating group) is 1. The van der Waals surface area contributed by atoms with Crippen LogP contribution in [0.3, 0.4) is 0 Å². The lowest BCUT2D eigenvalue weighted by Gasteiger charge is -2.28. The third kappa shape index (κ3) is 4.34. The first-order valence-corrected chi connectivity index (χ1v) is 8.63. The van der Waals surface area contributed by atoms with Crippen molar-refractivity contribution in [3.63, 3.8) is 0 Å². The number of hydrogen-bond donors (Lipinski definition) is 1. The molecule has 0 saturated carbocycles. The van der Waals surface area contributed by atoms with E-state index in [4.69, 9.17) is 16.3 Å². The number of benzene rings is 2. The molecule has 0 spiro atoms. The number of ether oxygens (including phenoxy) is 1. The summed E-state index contributed by atoms with van der Waals surface area (Å²) in [6.07, 6.45) is 3.28. The summed E-state index contributed by atoms with van der Waals surface area (Å²) in [6.45, 7) is 3.53. The Labute approximate surface area is 153 Å². The van der Waals surface area contributed by atoms with E-state index >= 15 is 0 Å². The van der Waals surface area contributed by atoms with Crippen LogP contribution in [0.2, 0.25) is 5.02 Å². The van der Waals surface area contributed by atoms with Crippen LogP contribution in [-0.4, -0.2) is 26.1 Å². The Balaban J connectivity index is 1.66. The van der Waals surface area contributed by atoms with Crippen LogP contribution in [0.5, 0.6) is 5.75 Å². The first-order chi connectivity index (χ1) is 12.0. The van der Waals surface area contributed by atoms with E-state index in [1.165, 1.54) is 6.08 Å². The number of rotatable bonds is 4. The van der Waals surface area contributed by atoms with Crippen LogP contribution in [0.25, 0.3) is 6.08 Å². The molecular formula is C20H21ClN2O2. The fourth-order valence-corrected chi connectivity index (χ4v) is 2.96. The van der Waals surface area contributed by atoms with E-state index < -0.39 is 0 Å². The maximum absolute atomic E-state index is 12.2. The van der Waals surface area contributed by atoms with Crippen molar-refractivity contribution in [2.24, 2.45) is 0 Å². The maximum atomic E-state index is 12.2. The van der Waals surface area contributed by atoms with Crippen molar-refractivity contribution in [1.29, 1.82) is 0 Å². The highest BCUT2D eigenvalue weighted by molar-refractivity contribution is 6.30. The van der Waals surface area contributed by atoms with Crippen molar-refractivity contribution >= 4 is 29.3 Å². The van der Waals surface area contributed by atoms with E-state index in [0.29, 0.717) is 11.6 Å². The topological polar surface area (TPSA) is 41.6 Å². The second-order valence-corrected chi connectivity index (χ2v) is 6.55. The number of carbonyl (C=O) groups is 1. The van der Waals surface area contributed by atoms with Crippen LogP contribution in [0.15, 0.2) is 48.5 Å². The molecule has 0 bridgehead atoms. The van der Waals surface area contributed by atoms with E-state index in [1.807, 2.05) is 44.3 Å². The Morgan fingerprint density at radius 2 is 2.16 bits per heavy atom. The summed E-state index contributed by atoms with van der Waals surface area (Å²) in [5.74, 6) is 0.742. The Hall–Kier alpha value is -2.46. The molecule has 1 unspecified atom stereocenters. The predicted octanol–water partition coefficient (Wildman–Crippen LogP) is 4.06. The molecule has 0 saturated heterocycles. The molecule has 1 amide bonds. The highest BCUT2D eigenvalue weighted by Gasteiger charge is 2.17. The van der Waals surface area contributed by atoms with Crippen LogP contribution in [0.4, 0.5) is 5.69 Å². The van der Waals surface area contributed by atoms with Gasteiger partial charge in [0.05, 0.1) is 18.3 Å². The number of nitrogens with zero attached hydrogens (tertiary/aromatic N) is 1. The highest BCUT2D eigenvalue weighted by Crippen LogP contribution is 2.33. The lowest BCUT2D eigenvalue weighted by atomic mass is 10.1. The van der Waals surface area contributed by atoms with E-state index in [9.17, 15) is 4.79 Å². The normalized spacial score (nSPS) is 14.8. The van der Waals surface area contributed by atoms with Crippen molar-refractivity contribution in [3.8, 4) is 5.75 Å². The fraction of sp³-hybridized carbons (Fsp3) is 0.250. The molecule has 25 heavy (non-hydrogen) atoms. The van der Waals surface area contributed by atoms with Gasteiger partial charge in [0.15, 0.2) is 0 Å². The number of hydrogen-bond acceptors (Lipinski definition) is 3. The summed E-state index contributed by atoms with van der Waals surface area (Å²) in [7, 11) is 2.04. The second-order valence-electron chi connectivity index (χ2n) is 6.12. The summed E-state index contributed by atoms with van der Waals surface area (Å²) in [5, 5.41) is 3.63. The molecule has 1 heterocycles. The molecule has 1 atom stereocenters. The number of nitrogens with one attached hydrogen (secondary N) is 1. The molecule has 3 rings (SSSR count). The van der Waals surface area contributed by atoms with Gasteiger partial charge in [0, 0.05) is 18.1 Å². The molecule has 2 aromatic rings. The zero-order chi connectivity index (χ0) is 17.8. The quantitative estimate of drug-likeness (QED) is 0.840. The van der Waals surface area contributed by atoms with Gasteiger partial charge in [0.2, 0.25) is 5.91 Å². The summed E-state index contributed by atoms with van der Waals surface area (Å²) in [5.41, 5.74) is 2.99. The molecule has 0 fully saturated rings. The molecule has 130 valence electrons. The van der Waals surface area contributed by atoms with Gasteiger partial charge in [-0.1, -0.05) is 29.8 Å². The third-order valence-corrected chi connectivity index (χ3v) is 4.45. The maximum Gasteiger partial charge on any atom is 0.244 e. The van der Waals surface area contributed by atoms with Gasteiger partial charge in [0.1, 0.15) is 12.4 Å². The van der Waals surface area contributed by atoms with E-state index in [-0.39, 0.29) is 11.9 Å². The number of fused-ring (bicyclic) bond motifs is 1. The van der Waals surface area contributed by atoms with Crippen LogP contribution in [0, 0.1) is 0 Å². The Morgan fingerprint density at radius 1 is 1.32 bits per heavy atom. The first-order valence-electron chi connectivity index (χ1n) is 8.25. The van der Waals surface area contributed by atoms with Crippen LogP contribution >= 0.6 is 11.6 Å². The van der Waals surface area contributed by atoms with Crippen LogP contribution in [-0.2, 0) is 4.79 Å². The lowest BCUT2D eigenvalue weighted by Crippen LogP contribution is -2.29. The summed E-state index contributed by atoms with van der Waals surface area (Å²) in [4.78, 5) is 14.3. The van der Waals surface area contributed by atoms with Crippen molar-refractivity contribution in [2.45, 2.75) is 13.0 Å². The van der Waals surface area contributed by atoms with E-state index in [1.54, 1.807) is 12.1 Å². The molecule has 4 nitrogen and oxygen atoms in total. The van der Waals surface area contributed by atoms with E-state index in [0.717, 1.165) is 29.1 Å². The monoisotopic (exact) mass is 356 g/mol. The molecule has 0 aromatic heterocycles. The fourth-order valence-electron chi connectivity index (χ4n) is 2.76. The number of amides is 1. The summed E-state index contributed by atoms with van der Waals surface area (Å²) >= 11 is 5.95. The van der Waals surface area contributed by atoms with E-state index in [2.05, 4.69) is 16.3 Å². The van der Waals surface area contributed by atoms with Gasteiger partial charge in [-0.3, -0.25) is 4.79 Å². The first kappa shape index (κ1) is 17.4. The molecule has 0 aliphatic carbocycles. The average Bonchev–Trinajstić information content (AvgIpc) is 2.60. The Bertz CT molecular complexity index is 804. The molecule has 0 radical (unpaired) electrons. The molecule has 1 aliphatic heterocycles. The Kier molecular flexibility index (Phi) is 5.29. The minimum Gasteiger partial charge on any atom is -0.490 e. The highest BCUT2D eigenvalue weighted by atomic mass is 35.5. The van der Waals surface area contributed by atoms with Crippen molar-refractivity contribution in [3.05, 3.63) is 64.7 Å². The molecular weight excluding hydrogens is 336 g/mol. The zero-order valence-electron chi connectivity index (χ0n) is 14.3. The van der Waals surface area contributed by atoms with Gasteiger partial charge >= 0.3 is 0 Å². The SMILES string of the molecule is CC(NC(=O)C=Cc1cccc(Cl)c1)c1ccc2c(c1)N(C)CCO2. The minimum absolute atomic E-state index is 0.0999. The van der Waals surface area contributed by atoms with Crippen molar-refractivity contribution in [1.82, 2.24) is 5.32 Å². The molecule has 2 aromatic carbocycles. The van der Waals surface area contributed by atoms with Crippen LogP contribution in [0.1, 0.15) is 24.1 Å². The lowest BCUT2D eigenvalue weighted by molar-refractivity contribution is -0.117.